The second kappa shape index (κ2) is 27.5. The predicted octanol–water partition coefficient (Wildman–Crippen LogP) is 15.7. The van der Waals surface area contributed by atoms with Crippen LogP contribution < -0.4 is 19.6 Å². The molecule has 5 aromatic carbocycles. The van der Waals surface area contributed by atoms with Crippen molar-refractivity contribution in [1.29, 1.82) is 0 Å². The van der Waals surface area contributed by atoms with Gasteiger partial charge in [0.1, 0.15) is 34.2 Å². The van der Waals surface area contributed by atoms with Gasteiger partial charge in [0.05, 0.1) is 17.9 Å². The smallest absolute Gasteiger partial charge is 0.357 e. The minimum Gasteiger partial charge on any atom is -0.437 e. The number of amides is 3. The van der Waals surface area contributed by atoms with Gasteiger partial charge in [0.25, 0.3) is 11.8 Å². The fraction of sp³-hybridized carbons (Fsp3) is 0.322. The van der Waals surface area contributed by atoms with Crippen molar-refractivity contribution in [3.8, 4) is 0 Å². The van der Waals surface area contributed by atoms with E-state index >= 15 is 0 Å². The summed E-state index contributed by atoms with van der Waals surface area (Å²) in [7, 11) is -1.49. The van der Waals surface area contributed by atoms with Crippen molar-refractivity contribution >= 4 is 108 Å². The minimum atomic E-state index is -0.958. The van der Waals surface area contributed by atoms with E-state index < -0.39 is 23.0 Å². The first-order valence-electron chi connectivity index (χ1n) is 26.8. The number of benzene rings is 5. The fourth-order valence-electron chi connectivity index (χ4n) is 9.74. The highest BCUT2D eigenvalue weighted by Crippen LogP contribution is 2.42. The van der Waals surface area contributed by atoms with E-state index in [9.17, 15) is 23.4 Å². The first kappa shape index (κ1) is 58.1. The Morgan fingerprint density at radius 3 is 1.41 bits per heavy atom. The third-order valence-corrected chi connectivity index (χ3v) is 13.8. The second-order valence-corrected chi connectivity index (χ2v) is 18.3. The van der Waals surface area contributed by atoms with Gasteiger partial charge in [0, 0.05) is 81.6 Å². The molecule has 11 rings (SSSR count). The largest absolute Gasteiger partial charge is 0.437 e. The summed E-state index contributed by atoms with van der Waals surface area (Å²) in [5, 5.41) is 11.3. The van der Waals surface area contributed by atoms with Crippen LogP contribution in [-0.2, 0) is 28.6 Å². The summed E-state index contributed by atoms with van der Waals surface area (Å²) in [4.78, 5) is 71.9. The third kappa shape index (κ3) is 11.9. The molecule has 0 radical (unpaired) electrons. The van der Waals surface area contributed by atoms with Crippen LogP contribution in [0.4, 0.5) is 38.3 Å². The number of likely N-dealkylation sites (N-methyl/N-ethyl adjacent to an activating group) is 1. The number of H-pyrrole nitrogens is 3. The summed E-state index contributed by atoms with van der Waals surface area (Å²) in [5.74, 6) is -0.928. The van der Waals surface area contributed by atoms with Gasteiger partial charge >= 0.3 is 5.97 Å². The lowest BCUT2D eigenvalue weighted by Crippen LogP contribution is -2.39. The zero-order chi connectivity index (χ0) is 55.1. The van der Waals surface area contributed by atoms with Crippen molar-refractivity contribution in [3.63, 3.8) is 0 Å². The van der Waals surface area contributed by atoms with Crippen molar-refractivity contribution in [2.75, 3.05) is 52.3 Å². The highest BCUT2D eigenvalue weighted by Gasteiger charge is 2.33. The molecule has 400 valence electrons. The van der Waals surface area contributed by atoms with E-state index in [1.807, 2.05) is 189 Å². The van der Waals surface area contributed by atoms with Gasteiger partial charge in [-0.1, -0.05) is 87.4 Å². The molecule has 0 saturated heterocycles. The Balaban J connectivity index is 0.000000887. The van der Waals surface area contributed by atoms with Crippen LogP contribution >= 0.6 is 17.1 Å². The molecule has 3 aliphatic rings. The third-order valence-electron chi connectivity index (χ3n) is 12.9. The van der Waals surface area contributed by atoms with E-state index in [1.54, 1.807) is 15.9 Å². The SMILES string of the molecule is CC.CC.CC.CC.CC.CCN(CC(=O)N1CCc2c1ccc1[nH]c(C(=O)N3CCc4c3ccc3[nH]c(C(=O)N5CCc6c5ccc5[nH]c(C(=O)OPPF)cc65)cc43)cc21)c1ccc(N=Nc2ccccc2)cc1. The van der Waals surface area contributed by atoms with E-state index in [-0.39, 0.29) is 30.0 Å². The molecule has 2 unspecified atom stereocenters. The van der Waals surface area contributed by atoms with E-state index in [2.05, 4.69) is 25.2 Å². The summed E-state index contributed by atoms with van der Waals surface area (Å²) >= 11 is 0. The van der Waals surface area contributed by atoms with Crippen LogP contribution in [0.1, 0.15) is 124 Å². The number of aromatic nitrogens is 3. The number of carbonyl (C=O) groups is 4. The lowest BCUT2D eigenvalue weighted by Gasteiger charge is -2.26. The highest BCUT2D eigenvalue weighted by molar-refractivity contribution is 8.07. The van der Waals surface area contributed by atoms with Crippen LogP contribution in [0.15, 0.2) is 119 Å². The molecule has 3 aromatic heterocycles. The molecule has 0 spiro atoms. The van der Waals surface area contributed by atoms with Crippen LogP contribution in [0.2, 0.25) is 0 Å². The Morgan fingerprint density at radius 1 is 0.553 bits per heavy atom. The summed E-state index contributed by atoms with van der Waals surface area (Å²) in [5.41, 5.74) is 11.4. The average molecular weight is 1070 g/mol. The van der Waals surface area contributed by atoms with Gasteiger partial charge in [-0.05, 0) is 134 Å². The number of azo groups is 1. The molecule has 3 aliphatic heterocycles. The molecule has 0 saturated carbocycles. The normalized spacial score (nSPS) is 13.0. The number of nitrogens with one attached hydrogen (secondary N) is 3. The quantitative estimate of drug-likeness (QED) is 0.0863. The Hall–Kier alpha value is -7.21. The predicted molar refractivity (Wildman–Crippen MR) is 317 cm³/mol. The Morgan fingerprint density at radius 2 is 0.961 bits per heavy atom. The lowest BCUT2D eigenvalue weighted by atomic mass is 10.1. The van der Waals surface area contributed by atoms with Gasteiger partial charge in [-0.25, -0.2) is 8.99 Å². The number of aromatic amines is 3. The number of carbonyl (C=O) groups excluding carboxylic acids is 4. The lowest BCUT2D eigenvalue weighted by molar-refractivity contribution is -0.117. The van der Waals surface area contributed by atoms with Gasteiger partial charge in [-0.2, -0.15) is 10.2 Å². The number of anilines is 4. The maximum atomic E-state index is 14.3. The summed E-state index contributed by atoms with van der Waals surface area (Å²) in [6.45, 7) is 24.4. The topological polar surface area (TPSA) is 163 Å². The van der Waals surface area contributed by atoms with Gasteiger partial charge in [0.15, 0.2) is 0 Å². The van der Waals surface area contributed by atoms with Crippen molar-refractivity contribution in [2.45, 2.75) is 95.4 Å². The maximum Gasteiger partial charge on any atom is 0.357 e. The number of rotatable bonds is 11. The van der Waals surface area contributed by atoms with Crippen LogP contribution in [-0.4, -0.2) is 71.4 Å². The van der Waals surface area contributed by atoms with Crippen LogP contribution in [0.3, 0.4) is 0 Å². The standard InChI is InChI=1S/C49H42FN9O5P2.5C2H6/c1-2-56(30-10-8-29(9-11-30)55-54-28-6-4-3-5-7-28)27-46(60)57-21-18-31-34-24-40(51-37(34)12-15-43(31)57)47(61)58-22-19-32-35-25-41(52-38(35)13-16-44(32)58)48(62)59-23-20-33-36-26-42(49(63)64-66-65-50)53-39(36)14-17-45(33)59;5*1-2/h3-17,24-26,51-53,65-66H,2,18-23,27H2,1H3;5*1-2H3. The van der Waals surface area contributed by atoms with Crippen molar-refractivity contribution in [1.82, 2.24) is 15.0 Å². The summed E-state index contributed by atoms with van der Waals surface area (Å²) in [6.07, 6.45) is 1.91. The number of nitrogens with zero attached hydrogens (tertiary/aromatic N) is 6. The Bertz CT molecular complexity index is 3300. The molecule has 14 nitrogen and oxygen atoms in total. The molecule has 6 heterocycles. The van der Waals surface area contributed by atoms with E-state index in [0.717, 1.165) is 83.5 Å². The van der Waals surface area contributed by atoms with E-state index in [0.29, 0.717) is 56.8 Å². The average Bonchev–Trinajstić information content (AvgIpc) is 4.36. The van der Waals surface area contributed by atoms with Crippen molar-refractivity contribution < 1.29 is 27.9 Å². The Labute approximate surface area is 449 Å². The second-order valence-electron chi connectivity index (χ2n) is 16.5. The number of halogens is 1. The van der Waals surface area contributed by atoms with Gasteiger partial charge in [-0.15, -0.1) is 0 Å². The molecule has 17 heteroatoms. The van der Waals surface area contributed by atoms with E-state index in [1.165, 1.54) is 0 Å². The molecule has 76 heavy (non-hydrogen) atoms. The Kier molecular flexibility index (Phi) is 21.0. The first-order valence-corrected chi connectivity index (χ1v) is 29.6. The molecule has 0 fully saturated rings. The van der Waals surface area contributed by atoms with Gasteiger partial charge in [0.2, 0.25) is 5.91 Å². The molecule has 0 bridgehead atoms. The van der Waals surface area contributed by atoms with Crippen molar-refractivity contribution in [3.05, 3.63) is 143 Å². The van der Waals surface area contributed by atoms with Gasteiger partial charge < -0.3 is 39.1 Å². The van der Waals surface area contributed by atoms with Gasteiger partial charge in [-0.3, -0.25) is 14.4 Å². The maximum absolute atomic E-state index is 14.3. The molecule has 3 N–H and O–H groups in total. The van der Waals surface area contributed by atoms with E-state index in [4.69, 9.17) is 4.52 Å². The zero-order valence-corrected chi connectivity index (χ0v) is 47.7. The van der Waals surface area contributed by atoms with Crippen LogP contribution in [0.5, 0.6) is 0 Å². The fourth-order valence-corrected chi connectivity index (χ4v) is 10.4. The number of hydrogen-bond donors (Lipinski definition) is 3. The zero-order valence-electron chi connectivity index (χ0n) is 45.7. The van der Waals surface area contributed by atoms with Crippen LogP contribution in [0, 0.1) is 0 Å². The number of hydrogen-bond acceptors (Lipinski definition) is 8. The summed E-state index contributed by atoms with van der Waals surface area (Å²) < 4.78 is 17.6. The van der Waals surface area contributed by atoms with Crippen LogP contribution in [0.25, 0.3) is 32.7 Å². The monoisotopic (exact) mass is 1070 g/mol. The molecule has 2 atom stereocenters. The minimum absolute atomic E-state index is 0.000293. The molecular weight excluding hydrogens is 996 g/mol. The number of fused-ring (bicyclic) bond motifs is 9. The molecule has 0 aliphatic carbocycles. The molecule has 8 aromatic rings. The molecule has 3 amide bonds. The van der Waals surface area contributed by atoms with Crippen molar-refractivity contribution in [2.24, 2.45) is 10.2 Å². The molecular formula is C59H72FN9O5P2. The summed E-state index contributed by atoms with van der Waals surface area (Å²) in [6, 6.07) is 34.3. The first-order chi connectivity index (χ1) is 37.3. The highest BCUT2D eigenvalue weighted by atomic mass is 32.0.